The van der Waals surface area contributed by atoms with E-state index >= 15 is 0 Å². The lowest BCUT2D eigenvalue weighted by molar-refractivity contribution is 0.0944. The average Bonchev–Trinajstić information content (AvgIpc) is 3.06. The molecule has 4 rings (SSSR count). The minimum absolute atomic E-state index is 0.0701. The van der Waals surface area contributed by atoms with Crippen LogP contribution in [-0.2, 0) is 6.54 Å². The number of aromatic nitrogens is 3. The van der Waals surface area contributed by atoms with E-state index in [2.05, 4.69) is 15.4 Å². The topological polar surface area (TPSA) is 98.2 Å². The maximum absolute atomic E-state index is 12.2. The Hall–Kier alpha value is -2.74. The number of nitrogens with two attached hydrogens (primary N) is 1. The molecule has 0 unspecified atom stereocenters. The predicted molar refractivity (Wildman–Crippen MR) is 109 cm³/mol. The molecule has 9 heteroatoms. The summed E-state index contributed by atoms with van der Waals surface area (Å²) in [6.07, 6.45) is 0. The van der Waals surface area contributed by atoms with Crippen LogP contribution >= 0.6 is 23.2 Å². The van der Waals surface area contributed by atoms with Gasteiger partial charge in [0, 0.05) is 34.3 Å². The molecule has 0 spiro atoms. The monoisotopic (exact) mass is 414 g/mol. The van der Waals surface area contributed by atoms with Crippen LogP contribution in [0.4, 0.5) is 0 Å². The van der Waals surface area contributed by atoms with Crippen molar-refractivity contribution in [2.24, 2.45) is 10.7 Å². The second kappa shape index (κ2) is 7.71. The number of hydrogen-bond acceptors (Lipinski definition) is 5. The fraction of sp³-hybridized carbons (Fsp3) is 0.158. The maximum atomic E-state index is 12.2. The molecule has 2 aromatic carbocycles. The van der Waals surface area contributed by atoms with E-state index in [1.807, 2.05) is 36.4 Å². The average molecular weight is 415 g/mol. The fourth-order valence-corrected chi connectivity index (χ4v) is 3.40. The van der Waals surface area contributed by atoms with Crippen LogP contribution in [0, 0.1) is 0 Å². The standard InChI is InChI=1S/C19H16Cl2N6O/c20-11-5-6-15-13(9-11)17(12-3-1-2-4-14(12)21)24-10-16-25-18(26-27(15)16)19(28)23-8-7-22/h1-6,9H,7-8,10,22H2,(H,23,28). The van der Waals surface area contributed by atoms with Crippen molar-refractivity contribution >= 4 is 34.8 Å². The van der Waals surface area contributed by atoms with Crippen LogP contribution in [0.15, 0.2) is 47.5 Å². The third-order valence-electron chi connectivity index (χ3n) is 4.26. The number of benzene rings is 2. The highest BCUT2D eigenvalue weighted by Gasteiger charge is 2.24. The molecule has 1 aliphatic heterocycles. The molecule has 1 amide bonds. The van der Waals surface area contributed by atoms with Crippen LogP contribution in [0.5, 0.6) is 0 Å². The lowest BCUT2D eigenvalue weighted by Crippen LogP contribution is -2.29. The molecule has 0 aliphatic carbocycles. The Morgan fingerprint density at radius 3 is 2.79 bits per heavy atom. The van der Waals surface area contributed by atoms with Crippen molar-refractivity contribution in [1.82, 2.24) is 20.1 Å². The summed E-state index contributed by atoms with van der Waals surface area (Å²) in [5, 5.41) is 8.20. The zero-order valence-corrected chi connectivity index (χ0v) is 16.2. The summed E-state index contributed by atoms with van der Waals surface area (Å²) >= 11 is 12.7. The maximum Gasteiger partial charge on any atom is 0.291 e. The van der Waals surface area contributed by atoms with E-state index in [-0.39, 0.29) is 18.3 Å². The molecule has 7 nitrogen and oxygen atoms in total. The first kappa shape index (κ1) is 18.6. The van der Waals surface area contributed by atoms with Crippen molar-refractivity contribution in [3.8, 4) is 5.69 Å². The molecule has 2 heterocycles. The number of carbonyl (C=O) groups is 1. The highest BCUT2D eigenvalue weighted by atomic mass is 35.5. The quantitative estimate of drug-likeness (QED) is 0.685. The summed E-state index contributed by atoms with van der Waals surface area (Å²) in [4.78, 5) is 21.3. The third kappa shape index (κ3) is 3.40. The first-order valence-corrected chi connectivity index (χ1v) is 9.38. The molecule has 1 aromatic heterocycles. The second-order valence-corrected chi connectivity index (χ2v) is 6.96. The SMILES string of the molecule is NCCNC(=O)c1nc2n(n1)-c1ccc(Cl)cc1C(c1ccccc1Cl)=NC2. The van der Waals surface area contributed by atoms with Crippen molar-refractivity contribution < 1.29 is 4.79 Å². The number of fused-ring (bicyclic) bond motifs is 3. The number of carbonyl (C=O) groups excluding carboxylic acids is 1. The molecular formula is C19H16Cl2N6O. The Balaban J connectivity index is 1.84. The smallest absolute Gasteiger partial charge is 0.291 e. The minimum Gasteiger partial charge on any atom is -0.348 e. The number of hydrogen-bond donors (Lipinski definition) is 2. The van der Waals surface area contributed by atoms with Crippen molar-refractivity contribution in [3.63, 3.8) is 0 Å². The van der Waals surface area contributed by atoms with Gasteiger partial charge in [-0.05, 0) is 24.3 Å². The number of nitrogens with one attached hydrogen (secondary N) is 1. The van der Waals surface area contributed by atoms with Gasteiger partial charge < -0.3 is 11.1 Å². The molecule has 0 saturated carbocycles. The van der Waals surface area contributed by atoms with Gasteiger partial charge in [0.25, 0.3) is 5.91 Å². The van der Waals surface area contributed by atoms with Crippen molar-refractivity contribution in [3.05, 3.63) is 75.3 Å². The van der Waals surface area contributed by atoms with Crippen molar-refractivity contribution in [2.45, 2.75) is 6.54 Å². The third-order valence-corrected chi connectivity index (χ3v) is 4.82. The molecule has 3 aromatic rings. The van der Waals surface area contributed by atoms with Gasteiger partial charge in [-0.3, -0.25) is 9.79 Å². The normalized spacial score (nSPS) is 12.6. The highest BCUT2D eigenvalue weighted by Crippen LogP contribution is 2.29. The zero-order valence-electron chi connectivity index (χ0n) is 14.7. The Morgan fingerprint density at radius 2 is 2.00 bits per heavy atom. The summed E-state index contributed by atoms with van der Waals surface area (Å²) in [6, 6.07) is 12.9. The van der Waals surface area contributed by atoms with Gasteiger partial charge in [-0.1, -0.05) is 41.4 Å². The summed E-state index contributed by atoms with van der Waals surface area (Å²) in [7, 11) is 0. The summed E-state index contributed by atoms with van der Waals surface area (Å²) in [5.74, 6) is 0.237. The molecule has 0 bridgehead atoms. The molecule has 1 aliphatic rings. The van der Waals surface area contributed by atoms with Gasteiger partial charge in [0.15, 0.2) is 5.82 Å². The Kier molecular flexibility index (Phi) is 5.13. The van der Waals surface area contributed by atoms with E-state index < -0.39 is 0 Å². The Bertz CT molecular complexity index is 1090. The van der Waals surface area contributed by atoms with Gasteiger partial charge >= 0.3 is 0 Å². The van der Waals surface area contributed by atoms with E-state index in [4.69, 9.17) is 33.9 Å². The second-order valence-electron chi connectivity index (χ2n) is 6.11. The van der Waals surface area contributed by atoms with Crippen molar-refractivity contribution in [1.29, 1.82) is 0 Å². The van der Waals surface area contributed by atoms with E-state index in [0.29, 0.717) is 34.7 Å². The van der Waals surface area contributed by atoms with Gasteiger partial charge in [0.1, 0.15) is 0 Å². The molecule has 3 N–H and O–H groups in total. The zero-order chi connectivity index (χ0) is 19.7. The van der Waals surface area contributed by atoms with Crippen LogP contribution < -0.4 is 11.1 Å². The molecule has 0 radical (unpaired) electrons. The summed E-state index contributed by atoms with van der Waals surface area (Å²) < 4.78 is 1.62. The largest absolute Gasteiger partial charge is 0.348 e. The number of halogens is 2. The fourth-order valence-electron chi connectivity index (χ4n) is 3.00. The Labute approximate surface area is 171 Å². The van der Waals surface area contributed by atoms with E-state index in [1.54, 1.807) is 10.7 Å². The van der Waals surface area contributed by atoms with Crippen LogP contribution in [0.25, 0.3) is 5.69 Å². The molecule has 28 heavy (non-hydrogen) atoms. The van der Waals surface area contributed by atoms with Gasteiger partial charge in [0.05, 0.1) is 17.9 Å². The van der Waals surface area contributed by atoms with Gasteiger partial charge in [0.2, 0.25) is 5.82 Å². The lowest BCUT2D eigenvalue weighted by Gasteiger charge is -2.12. The first-order chi connectivity index (χ1) is 13.6. The minimum atomic E-state index is -0.378. The van der Waals surface area contributed by atoms with Gasteiger partial charge in [-0.25, -0.2) is 9.67 Å². The van der Waals surface area contributed by atoms with Crippen LogP contribution in [0.3, 0.4) is 0 Å². The van der Waals surface area contributed by atoms with Crippen LogP contribution in [0.2, 0.25) is 10.0 Å². The van der Waals surface area contributed by atoms with E-state index in [0.717, 1.165) is 16.8 Å². The van der Waals surface area contributed by atoms with Crippen molar-refractivity contribution in [2.75, 3.05) is 13.1 Å². The van der Waals surface area contributed by atoms with Gasteiger partial charge in [-0.15, -0.1) is 5.10 Å². The number of nitrogens with zero attached hydrogens (tertiary/aromatic N) is 4. The van der Waals surface area contributed by atoms with Crippen LogP contribution in [0.1, 0.15) is 27.6 Å². The number of amides is 1. The molecule has 142 valence electrons. The van der Waals surface area contributed by atoms with Gasteiger partial charge in [-0.2, -0.15) is 0 Å². The summed E-state index contributed by atoms with van der Waals surface area (Å²) in [5.41, 5.74) is 8.41. The van der Waals surface area contributed by atoms with Crippen LogP contribution in [-0.4, -0.2) is 39.5 Å². The molecule has 0 atom stereocenters. The Morgan fingerprint density at radius 1 is 1.18 bits per heavy atom. The first-order valence-electron chi connectivity index (χ1n) is 8.62. The molecule has 0 fully saturated rings. The number of aliphatic imine (C=N–C) groups is 1. The summed E-state index contributed by atoms with van der Waals surface area (Å²) in [6.45, 7) is 0.930. The number of rotatable bonds is 4. The highest BCUT2D eigenvalue weighted by molar-refractivity contribution is 6.36. The lowest BCUT2D eigenvalue weighted by atomic mass is 10.0. The van der Waals surface area contributed by atoms with E-state index in [9.17, 15) is 4.79 Å². The van der Waals surface area contributed by atoms with E-state index in [1.165, 1.54) is 0 Å². The predicted octanol–water partition coefficient (Wildman–Crippen LogP) is 2.61. The molecular weight excluding hydrogens is 399 g/mol. The molecule has 0 saturated heterocycles.